The van der Waals surface area contributed by atoms with Crippen molar-refractivity contribution in [1.82, 2.24) is 5.32 Å². The van der Waals surface area contributed by atoms with Crippen LogP contribution in [0.2, 0.25) is 0 Å². The van der Waals surface area contributed by atoms with Crippen LogP contribution < -0.4 is 11.1 Å². The Morgan fingerprint density at radius 3 is 2.13 bits per heavy atom. The smallest absolute Gasteiger partial charge is 0.237 e. The Bertz CT molecular complexity index is 212. The van der Waals surface area contributed by atoms with Crippen molar-refractivity contribution in [3.8, 4) is 0 Å². The van der Waals surface area contributed by atoms with Gasteiger partial charge in [0.15, 0.2) is 0 Å². The Balaban J connectivity index is 4.37. The Kier molecular flexibility index (Phi) is 5.29. The van der Waals surface area contributed by atoms with Crippen molar-refractivity contribution < 1.29 is 4.79 Å². The van der Waals surface area contributed by atoms with Crippen LogP contribution in [0.4, 0.5) is 0 Å². The van der Waals surface area contributed by atoms with Gasteiger partial charge in [-0.15, -0.1) is 0 Å². The molecule has 0 fully saturated rings. The molecule has 0 heterocycles. The van der Waals surface area contributed by atoms with E-state index in [1.807, 2.05) is 27.7 Å². The van der Waals surface area contributed by atoms with Crippen molar-refractivity contribution in [3.63, 3.8) is 0 Å². The minimum atomic E-state index is -0.395. The number of carbonyl (C=O) groups is 1. The van der Waals surface area contributed by atoms with Crippen LogP contribution in [0.3, 0.4) is 0 Å². The fraction of sp³-hybridized carbons (Fsp3) is 0.917. The lowest BCUT2D eigenvalue weighted by molar-refractivity contribution is -0.125. The maximum absolute atomic E-state index is 11.8. The number of rotatable bonds is 5. The van der Waals surface area contributed by atoms with Crippen molar-refractivity contribution in [2.75, 3.05) is 0 Å². The molecule has 3 N–H and O–H groups in total. The van der Waals surface area contributed by atoms with E-state index >= 15 is 0 Å². The molecule has 0 rings (SSSR count). The van der Waals surface area contributed by atoms with Gasteiger partial charge in [0.25, 0.3) is 0 Å². The van der Waals surface area contributed by atoms with E-state index in [4.69, 9.17) is 5.73 Å². The van der Waals surface area contributed by atoms with E-state index in [1.165, 1.54) is 0 Å². The van der Waals surface area contributed by atoms with E-state index in [0.29, 0.717) is 5.92 Å². The summed E-state index contributed by atoms with van der Waals surface area (Å²) in [4.78, 5) is 11.8. The molecule has 0 aliphatic carbocycles. The minimum Gasteiger partial charge on any atom is -0.350 e. The molecule has 1 amide bonds. The highest BCUT2D eigenvalue weighted by Crippen LogP contribution is 2.16. The van der Waals surface area contributed by atoms with Crippen molar-refractivity contribution in [3.05, 3.63) is 0 Å². The third kappa shape index (κ3) is 4.20. The number of hydrogen-bond donors (Lipinski definition) is 2. The third-order valence-electron chi connectivity index (χ3n) is 3.45. The molecule has 0 saturated carbocycles. The first-order valence-electron chi connectivity index (χ1n) is 5.80. The molecule has 0 aliphatic heterocycles. The molecule has 0 aromatic heterocycles. The van der Waals surface area contributed by atoms with Crippen LogP contribution in [0.15, 0.2) is 0 Å². The average Bonchev–Trinajstić information content (AvgIpc) is 2.14. The molecule has 2 unspecified atom stereocenters. The highest BCUT2D eigenvalue weighted by atomic mass is 16.2. The molecule has 0 spiro atoms. The molecular formula is C12H26N2O. The maximum atomic E-state index is 11.8. The molecular weight excluding hydrogens is 188 g/mol. The van der Waals surface area contributed by atoms with Gasteiger partial charge < -0.3 is 11.1 Å². The van der Waals surface area contributed by atoms with Gasteiger partial charge in [0, 0.05) is 5.54 Å². The Morgan fingerprint density at radius 1 is 1.33 bits per heavy atom. The second-order valence-corrected chi connectivity index (χ2v) is 5.28. The van der Waals surface area contributed by atoms with Crippen molar-refractivity contribution in [2.45, 2.75) is 59.5 Å². The summed E-state index contributed by atoms with van der Waals surface area (Å²) in [5, 5.41) is 3.01. The number of carbonyl (C=O) groups excluding carboxylic acids is 1. The summed E-state index contributed by atoms with van der Waals surface area (Å²) in [6.07, 6.45) is 0.927. The van der Waals surface area contributed by atoms with Gasteiger partial charge in [-0.25, -0.2) is 0 Å². The van der Waals surface area contributed by atoms with Gasteiger partial charge in [-0.05, 0) is 25.7 Å². The van der Waals surface area contributed by atoms with E-state index in [9.17, 15) is 4.79 Å². The first-order valence-corrected chi connectivity index (χ1v) is 5.80. The van der Waals surface area contributed by atoms with Crippen LogP contribution >= 0.6 is 0 Å². The summed E-state index contributed by atoms with van der Waals surface area (Å²) >= 11 is 0. The Labute approximate surface area is 93.8 Å². The summed E-state index contributed by atoms with van der Waals surface area (Å²) in [7, 11) is 0. The van der Waals surface area contributed by atoms with Gasteiger partial charge in [-0.3, -0.25) is 4.79 Å². The van der Waals surface area contributed by atoms with Crippen LogP contribution in [0.25, 0.3) is 0 Å². The van der Waals surface area contributed by atoms with Crippen molar-refractivity contribution >= 4 is 5.91 Å². The van der Waals surface area contributed by atoms with Gasteiger partial charge in [0.1, 0.15) is 0 Å². The summed E-state index contributed by atoms with van der Waals surface area (Å²) in [6, 6.07) is -0.395. The van der Waals surface area contributed by atoms with Gasteiger partial charge in [-0.2, -0.15) is 0 Å². The predicted molar refractivity (Wildman–Crippen MR) is 64.5 cm³/mol. The average molecular weight is 214 g/mol. The Hall–Kier alpha value is -0.570. The molecule has 3 heteroatoms. The predicted octanol–water partition coefficient (Wildman–Crippen LogP) is 1.91. The van der Waals surface area contributed by atoms with Crippen molar-refractivity contribution in [1.29, 1.82) is 0 Å². The standard InChI is InChI=1S/C12H26N2O/c1-7-9(4)10(13)11(15)14-12(5,6)8(2)3/h8-10H,7,13H2,1-6H3,(H,14,15). The molecule has 3 nitrogen and oxygen atoms in total. The summed E-state index contributed by atoms with van der Waals surface area (Å²) in [5.74, 6) is 0.585. The zero-order valence-corrected chi connectivity index (χ0v) is 10.9. The zero-order valence-electron chi connectivity index (χ0n) is 10.9. The maximum Gasteiger partial charge on any atom is 0.237 e. The van der Waals surface area contributed by atoms with Crippen LogP contribution in [-0.2, 0) is 4.79 Å². The first kappa shape index (κ1) is 14.4. The quantitative estimate of drug-likeness (QED) is 0.734. The molecule has 0 aromatic rings. The minimum absolute atomic E-state index is 0.0388. The Morgan fingerprint density at radius 2 is 1.80 bits per heavy atom. The lowest BCUT2D eigenvalue weighted by atomic mass is 9.89. The third-order valence-corrected chi connectivity index (χ3v) is 3.45. The number of nitrogens with one attached hydrogen (secondary N) is 1. The normalized spacial score (nSPS) is 16.3. The zero-order chi connectivity index (χ0) is 12.2. The molecule has 0 bridgehead atoms. The molecule has 15 heavy (non-hydrogen) atoms. The van der Waals surface area contributed by atoms with E-state index in [2.05, 4.69) is 19.2 Å². The highest BCUT2D eigenvalue weighted by Gasteiger charge is 2.28. The second-order valence-electron chi connectivity index (χ2n) is 5.28. The van der Waals surface area contributed by atoms with Gasteiger partial charge in [0.05, 0.1) is 6.04 Å². The monoisotopic (exact) mass is 214 g/mol. The lowest BCUT2D eigenvalue weighted by Crippen LogP contribution is -2.54. The van der Waals surface area contributed by atoms with E-state index < -0.39 is 6.04 Å². The summed E-state index contributed by atoms with van der Waals surface area (Å²) in [5.41, 5.74) is 5.67. The number of nitrogens with two attached hydrogens (primary N) is 1. The van der Waals surface area contributed by atoms with Gasteiger partial charge in [-0.1, -0.05) is 34.1 Å². The molecule has 0 aromatic carbocycles. The van der Waals surface area contributed by atoms with Crippen LogP contribution in [-0.4, -0.2) is 17.5 Å². The molecule has 90 valence electrons. The summed E-state index contributed by atoms with van der Waals surface area (Å²) < 4.78 is 0. The fourth-order valence-corrected chi connectivity index (χ4v) is 1.06. The molecule has 2 atom stereocenters. The largest absolute Gasteiger partial charge is 0.350 e. The number of amides is 1. The molecule has 0 aliphatic rings. The molecule has 0 radical (unpaired) electrons. The SMILES string of the molecule is CCC(C)C(N)C(=O)NC(C)(C)C(C)C. The van der Waals surface area contributed by atoms with Gasteiger partial charge in [0.2, 0.25) is 5.91 Å². The number of hydrogen-bond acceptors (Lipinski definition) is 2. The first-order chi connectivity index (χ1) is 6.72. The highest BCUT2D eigenvalue weighted by molar-refractivity contribution is 5.82. The van der Waals surface area contributed by atoms with E-state index in [-0.39, 0.29) is 17.4 Å². The van der Waals surface area contributed by atoms with Crippen LogP contribution in [0.1, 0.15) is 48.0 Å². The fourth-order valence-electron chi connectivity index (χ4n) is 1.06. The van der Waals surface area contributed by atoms with Crippen LogP contribution in [0, 0.1) is 11.8 Å². The second kappa shape index (κ2) is 5.50. The molecule has 0 saturated heterocycles. The summed E-state index contributed by atoms with van der Waals surface area (Å²) in [6.45, 7) is 12.3. The lowest BCUT2D eigenvalue weighted by Gasteiger charge is -2.32. The van der Waals surface area contributed by atoms with E-state index in [1.54, 1.807) is 0 Å². The van der Waals surface area contributed by atoms with Crippen molar-refractivity contribution in [2.24, 2.45) is 17.6 Å². The topological polar surface area (TPSA) is 55.1 Å². The van der Waals surface area contributed by atoms with E-state index in [0.717, 1.165) is 6.42 Å². The van der Waals surface area contributed by atoms with Gasteiger partial charge >= 0.3 is 0 Å². The van der Waals surface area contributed by atoms with Crippen LogP contribution in [0.5, 0.6) is 0 Å².